The van der Waals surface area contributed by atoms with E-state index in [-0.39, 0.29) is 5.57 Å². The van der Waals surface area contributed by atoms with Crippen molar-refractivity contribution in [3.63, 3.8) is 0 Å². The van der Waals surface area contributed by atoms with E-state index in [4.69, 9.17) is 9.84 Å². The van der Waals surface area contributed by atoms with Crippen molar-refractivity contribution in [3.05, 3.63) is 12.2 Å². The Hall–Kier alpha value is -1.36. The van der Waals surface area contributed by atoms with Gasteiger partial charge in [-0.1, -0.05) is 6.58 Å². The van der Waals surface area contributed by atoms with E-state index in [2.05, 4.69) is 6.58 Å². The topological polar surface area (TPSA) is 66.8 Å². The lowest BCUT2D eigenvalue weighted by Gasteiger charge is -2.36. The molecular formula is C11H19NO4. The predicted molar refractivity (Wildman–Crippen MR) is 60.1 cm³/mol. The molecule has 0 aromatic heterocycles. The maximum Gasteiger partial charge on any atom is 0.333 e. The molecule has 0 fully saturated rings. The minimum atomic E-state index is -1.26. The van der Waals surface area contributed by atoms with E-state index in [0.29, 0.717) is 0 Å². The first kappa shape index (κ1) is 14.6. The molecule has 0 bridgehead atoms. The average Bonchev–Trinajstić information content (AvgIpc) is 2.15. The third kappa shape index (κ3) is 2.82. The monoisotopic (exact) mass is 229 g/mol. The molecule has 0 heterocycles. The second-order valence-corrected chi connectivity index (χ2v) is 4.17. The Labute approximate surface area is 95.7 Å². The van der Waals surface area contributed by atoms with Gasteiger partial charge >= 0.3 is 11.9 Å². The van der Waals surface area contributed by atoms with Crippen LogP contribution < -0.4 is 0 Å². The van der Waals surface area contributed by atoms with Crippen LogP contribution >= 0.6 is 0 Å². The van der Waals surface area contributed by atoms with Crippen molar-refractivity contribution in [3.8, 4) is 0 Å². The summed E-state index contributed by atoms with van der Waals surface area (Å²) in [6.45, 7) is 8.02. The van der Waals surface area contributed by atoms with Gasteiger partial charge in [0.25, 0.3) is 0 Å². The Kier molecular flexibility index (Phi) is 4.68. The van der Waals surface area contributed by atoms with E-state index < -0.39 is 23.6 Å². The molecule has 0 aromatic rings. The standard InChI is InChI=1S/C11H19NO4/c1-7(2)9(13)16-8(3)11(4,10(14)15)12(5)6/h8H,1H2,2-6H3,(H,14,15). The number of nitrogens with zero attached hydrogens (tertiary/aromatic N) is 1. The number of hydrogen-bond acceptors (Lipinski definition) is 4. The maximum atomic E-state index is 11.3. The van der Waals surface area contributed by atoms with Crippen molar-refractivity contribution < 1.29 is 19.4 Å². The normalized spacial score (nSPS) is 16.4. The average molecular weight is 229 g/mol. The molecule has 0 spiro atoms. The lowest BCUT2D eigenvalue weighted by atomic mass is 9.94. The first-order chi connectivity index (χ1) is 7.13. The molecule has 1 N–H and O–H groups in total. The molecular weight excluding hydrogens is 210 g/mol. The smallest absolute Gasteiger partial charge is 0.333 e. The number of rotatable bonds is 5. The zero-order valence-electron chi connectivity index (χ0n) is 10.4. The number of carbonyl (C=O) groups is 2. The Morgan fingerprint density at radius 1 is 1.44 bits per heavy atom. The van der Waals surface area contributed by atoms with Gasteiger partial charge in [0.15, 0.2) is 5.54 Å². The van der Waals surface area contributed by atoms with Crippen LogP contribution in [0.5, 0.6) is 0 Å². The second kappa shape index (κ2) is 5.12. The van der Waals surface area contributed by atoms with Crippen LogP contribution in [-0.2, 0) is 14.3 Å². The van der Waals surface area contributed by atoms with E-state index in [1.807, 2.05) is 0 Å². The van der Waals surface area contributed by atoms with Crippen molar-refractivity contribution in [1.82, 2.24) is 4.90 Å². The molecule has 0 aliphatic heterocycles. The highest BCUT2D eigenvalue weighted by Crippen LogP contribution is 2.20. The van der Waals surface area contributed by atoms with Crippen molar-refractivity contribution in [2.45, 2.75) is 32.4 Å². The summed E-state index contributed by atoms with van der Waals surface area (Å²) >= 11 is 0. The Morgan fingerprint density at radius 3 is 2.12 bits per heavy atom. The van der Waals surface area contributed by atoms with Crippen LogP contribution in [0.25, 0.3) is 0 Å². The van der Waals surface area contributed by atoms with Crippen LogP contribution in [0.1, 0.15) is 20.8 Å². The van der Waals surface area contributed by atoms with E-state index in [1.165, 1.54) is 18.7 Å². The van der Waals surface area contributed by atoms with Gasteiger partial charge in [0.1, 0.15) is 6.10 Å². The molecule has 0 saturated heterocycles. The molecule has 0 rings (SSSR count). The lowest BCUT2D eigenvalue weighted by Crippen LogP contribution is -2.57. The molecule has 16 heavy (non-hydrogen) atoms. The van der Waals surface area contributed by atoms with Gasteiger partial charge in [0.2, 0.25) is 0 Å². The molecule has 2 atom stereocenters. The number of esters is 1. The summed E-state index contributed by atoms with van der Waals surface area (Å²) < 4.78 is 5.04. The number of carboxylic acids is 1. The molecule has 0 radical (unpaired) electrons. The zero-order chi connectivity index (χ0) is 13.1. The number of carbonyl (C=O) groups excluding carboxylic acids is 1. The molecule has 0 aliphatic rings. The fourth-order valence-electron chi connectivity index (χ4n) is 1.10. The minimum Gasteiger partial charge on any atom is -0.480 e. The number of likely N-dealkylation sites (N-methyl/N-ethyl adjacent to an activating group) is 1. The van der Waals surface area contributed by atoms with Crippen molar-refractivity contribution in [1.29, 1.82) is 0 Å². The molecule has 2 unspecified atom stereocenters. The van der Waals surface area contributed by atoms with Crippen molar-refractivity contribution in [2.24, 2.45) is 0 Å². The van der Waals surface area contributed by atoms with Crippen molar-refractivity contribution >= 4 is 11.9 Å². The molecule has 92 valence electrons. The molecule has 0 saturated carbocycles. The SMILES string of the molecule is C=C(C)C(=O)OC(C)C(C)(C(=O)O)N(C)C. The van der Waals surface area contributed by atoms with Gasteiger partial charge in [0.05, 0.1) is 0 Å². The highest BCUT2D eigenvalue weighted by atomic mass is 16.5. The lowest BCUT2D eigenvalue weighted by molar-refractivity contribution is -0.165. The maximum absolute atomic E-state index is 11.3. The third-order valence-corrected chi connectivity index (χ3v) is 2.79. The quantitative estimate of drug-likeness (QED) is 0.560. The molecule has 0 aliphatic carbocycles. The summed E-state index contributed by atoms with van der Waals surface area (Å²) in [5.74, 6) is -1.62. The largest absolute Gasteiger partial charge is 0.480 e. The van der Waals surface area contributed by atoms with Gasteiger partial charge in [-0.15, -0.1) is 0 Å². The van der Waals surface area contributed by atoms with Gasteiger partial charge in [-0.25, -0.2) is 4.79 Å². The highest BCUT2D eigenvalue weighted by Gasteiger charge is 2.43. The number of ether oxygens (including phenoxy) is 1. The zero-order valence-corrected chi connectivity index (χ0v) is 10.4. The first-order valence-corrected chi connectivity index (χ1v) is 4.91. The van der Waals surface area contributed by atoms with Crippen LogP contribution in [0.4, 0.5) is 0 Å². The molecule has 0 amide bonds. The second-order valence-electron chi connectivity index (χ2n) is 4.17. The van der Waals surface area contributed by atoms with E-state index >= 15 is 0 Å². The Balaban J connectivity index is 4.91. The van der Waals surface area contributed by atoms with Crippen LogP contribution in [0.3, 0.4) is 0 Å². The Bertz CT molecular complexity index is 311. The minimum absolute atomic E-state index is 0.248. The summed E-state index contributed by atoms with van der Waals surface area (Å²) in [6.07, 6.45) is -0.774. The van der Waals surface area contributed by atoms with E-state index in [0.717, 1.165) is 0 Å². The number of aliphatic carboxylic acids is 1. The Morgan fingerprint density at radius 2 is 1.88 bits per heavy atom. The summed E-state index contributed by atoms with van der Waals surface area (Å²) in [7, 11) is 3.25. The number of carboxylic acid groups (broad SMARTS) is 1. The van der Waals surface area contributed by atoms with Crippen LogP contribution in [-0.4, -0.2) is 47.7 Å². The van der Waals surface area contributed by atoms with Crippen LogP contribution in [0.15, 0.2) is 12.2 Å². The van der Waals surface area contributed by atoms with Gasteiger partial charge in [-0.2, -0.15) is 0 Å². The highest BCUT2D eigenvalue weighted by molar-refractivity contribution is 5.88. The fourth-order valence-corrected chi connectivity index (χ4v) is 1.10. The van der Waals surface area contributed by atoms with Crippen LogP contribution in [0.2, 0.25) is 0 Å². The van der Waals surface area contributed by atoms with Crippen LogP contribution in [0, 0.1) is 0 Å². The van der Waals surface area contributed by atoms with Gasteiger partial charge in [-0.05, 0) is 34.9 Å². The first-order valence-electron chi connectivity index (χ1n) is 4.91. The van der Waals surface area contributed by atoms with Crippen molar-refractivity contribution in [2.75, 3.05) is 14.1 Å². The van der Waals surface area contributed by atoms with E-state index in [1.54, 1.807) is 21.0 Å². The predicted octanol–water partition coefficient (Wildman–Crippen LogP) is 0.899. The summed E-state index contributed by atoms with van der Waals surface area (Å²) in [5, 5.41) is 9.17. The fraction of sp³-hybridized carbons (Fsp3) is 0.636. The third-order valence-electron chi connectivity index (χ3n) is 2.79. The summed E-state index contributed by atoms with van der Waals surface area (Å²) in [6, 6.07) is 0. The molecule has 5 heteroatoms. The summed E-state index contributed by atoms with van der Waals surface area (Å²) in [5.41, 5.74) is -1.01. The van der Waals surface area contributed by atoms with Gasteiger partial charge in [-0.3, -0.25) is 9.69 Å². The van der Waals surface area contributed by atoms with Gasteiger partial charge in [0, 0.05) is 5.57 Å². The molecule has 5 nitrogen and oxygen atoms in total. The van der Waals surface area contributed by atoms with E-state index in [9.17, 15) is 9.59 Å². The molecule has 0 aromatic carbocycles. The van der Waals surface area contributed by atoms with Gasteiger partial charge < -0.3 is 9.84 Å². The summed E-state index contributed by atoms with van der Waals surface area (Å²) in [4.78, 5) is 24.0. The number of hydrogen-bond donors (Lipinski definition) is 1.